The SMILES string of the molecule is C=CC(=O)NCc1nc2ccccc2n1Cc1c(C)c(C)cc(C)c1C. The Morgan fingerprint density at radius 2 is 1.81 bits per heavy atom. The lowest BCUT2D eigenvalue weighted by atomic mass is 9.94. The third kappa shape index (κ3) is 3.27. The van der Waals surface area contributed by atoms with E-state index in [1.807, 2.05) is 18.2 Å². The second-order valence-electron chi connectivity index (χ2n) is 6.76. The number of aryl methyl sites for hydroxylation is 2. The van der Waals surface area contributed by atoms with Crippen molar-refractivity contribution in [1.82, 2.24) is 14.9 Å². The summed E-state index contributed by atoms with van der Waals surface area (Å²) in [6, 6.07) is 10.3. The molecular formula is C22H25N3O. The van der Waals surface area contributed by atoms with Crippen molar-refractivity contribution in [2.24, 2.45) is 0 Å². The molecule has 1 aromatic heterocycles. The van der Waals surface area contributed by atoms with Crippen molar-refractivity contribution >= 4 is 16.9 Å². The van der Waals surface area contributed by atoms with E-state index in [-0.39, 0.29) is 5.91 Å². The minimum Gasteiger partial charge on any atom is -0.345 e. The highest BCUT2D eigenvalue weighted by atomic mass is 16.1. The predicted octanol–water partition coefficient (Wildman–Crippen LogP) is 4.12. The number of amides is 1. The molecule has 0 aliphatic heterocycles. The van der Waals surface area contributed by atoms with Crippen LogP contribution in [0.1, 0.15) is 33.6 Å². The van der Waals surface area contributed by atoms with Gasteiger partial charge in [-0.25, -0.2) is 4.98 Å². The fraction of sp³-hybridized carbons (Fsp3) is 0.273. The maximum Gasteiger partial charge on any atom is 0.243 e. The number of carbonyl (C=O) groups is 1. The van der Waals surface area contributed by atoms with Crippen LogP contribution in [0.3, 0.4) is 0 Å². The molecule has 134 valence electrons. The molecule has 4 nitrogen and oxygen atoms in total. The van der Waals surface area contributed by atoms with Crippen molar-refractivity contribution in [1.29, 1.82) is 0 Å². The van der Waals surface area contributed by atoms with Gasteiger partial charge in [-0.1, -0.05) is 24.8 Å². The second kappa shape index (κ2) is 7.16. The Balaban J connectivity index is 2.09. The van der Waals surface area contributed by atoms with Crippen LogP contribution in [0, 0.1) is 27.7 Å². The van der Waals surface area contributed by atoms with E-state index in [1.165, 1.54) is 33.9 Å². The molecule has 3 rings (SSSR count). The summed E-state index contributed by atoms with van der Waals surface area (Å²) in [7, 11) is 0. The van der Waals surface area contributed by atoms with Crippen LogP contribution in [0.4, 0.5) is 0 Å². The molecule has 0 atom stereocenters. The Morgan fingerprint density at radius 1 is 1.15 bits per heavy atom. The van der Waals surface area contributed by atoms with Gasteiger partial charge in [-0.2, -0.15) is 0 Å². The summed E-state index contributed by atoms with van der Waals surface area (Å²) >= 11 is 0. The average Bonchev–Trinajstić information content (AvgIpc) is 2.99. The lowest BCUT2D eigenvalue weighted by Crippen LogP contribution is -2.23. The molecule has 1 N–H and O–H groups in total. The molecule has 0 spiro atoms. The number of carbonyl (C=O) groups excluding carboxylic acids is 1. The summed E-state index contributed by atoms with van der Waals surface area (Å²) in [5, 5.41) is 2.85. The van der Waals surface area contributed by atoms with Gasteiger partial charge in [0.05, 0.1) is 17.6 Å². The van der Waals surface area contributed by atoms with Crippen molar-refractivity contribution in [2.75, 3.05) is 0 Å². The molecule has 0 saturated carbocycles. The number of benzene rings is 2. The third-order valence-corrected chi connectivity index (χ3v) is 5.18. The third-order valence-electron chi connectivity index (χ3n) is 5.18. The number of imidazole rings is 1. The molecule has 0 aliphatic rings. The summed E-state index contributed by atoms with van der Waals surface area (Å²) in [5.41, 5.74) is 8.56. The molecule has 3 aromatic rings. The molecule has 1 heterocycles. The topological polar surface area (TPSA) is 46.9 Å². The smallest absolute Gasteiger partial charge is 0.243 e. The Morgan fingerprint density at radius 3 is 2.46 bits per heavy atom. The van der Waals surface area contributed by atoms with E-state index in [2.05, 4.69) is 56.3 Å². The van der Waals surface area contributed by atoms with E-state index >= 15 is 0 Å². The molecular weight excluding hydrogens is 322 g/mol. The van der Waals surface area contributed by atoms with E-state index in [9.17, 15) is 4.79 Å². The van der Waals surface area contributed by atoms with Crippen LogP contribution in [0.2, 0.25) is 0 Å². The number of nitrogens with one attached hydrogen (secondary N) is 1. The van der Waals surface area contributed by atoms with Crippen molar-refractivity contribution in [3.63, 3.8) is 0 Å². The monoisotopic (exact) mass is 347 g/mol. The number of hydrogen-bond donors (Lipinski definition) is 1. The maximum absolute atomic E-state index is 11.6. The fourth-order valence-electron chi connectivity index (χ4n) is 3.37. The molecule has 0 unspecified atom stereocenters. The van der Waals surface area contributed by atoms with E-state index in [0.29, 0.717) is 6.54 Å². The summed E-state index contributed by atoms with van der Waals surface area (Å²) in [6.07, 6.45) is 1.28. The highest BCUT2D eigenvalue weighted by Crippen LogP contribution is 2.25. The molecule has 0 saturated heterocycles. The standard InChI is InChI=1S/C22H25N3O/c1-6-22(26)23-12-21-24-19-9-7-8-10-20(19)25(21)13-18-16(4)14(2)11-15(3)17(18)5/h6-11H,1,12-13H2,2-5H3,(H,23,26). The molecule has 4 heteroatoms. The first-order chi connectivity index (χ1) is 12.4. The van der Waals surface area contributed by atoms with Gasteiger partial charge in [0.25, 0.3) is 0 Å². The lowest BCUT2D eigenvalue weighted by molar-refractivity contribution is -0.116. The summed E-state index contributed by atoms with van der Waals surface area (Å²) in [6.45, 7) is 13.3. The van der Waals surface area contributed by atoms with Crippen LogP contribution < -0.4 is 5.32 Å². The Kier molecular flexibility index (Phi) is 4.94. The first kappa shape index (κ1) is 17.9. The van der Waals surface area contributed by atoms with Gasteiger partial charge in [0.15, 0.2) is 0 Å². The molecule has 0 fully saturated rings. The summed E-state index contributed by atoms with van der Waals surface area (Å²) in [4.78, 5) is 16.3. The first-order valence-corrected chi connectivity index (χ1v) is 8.83. The number of rotatable bonds is 5. The van der Waals surface area contributed by atoms with Crippen LogP contribution in [-0.4, -0.2) is 15.5 Å². The maximum atomic E-state index is 11.6. The van der Waals surface area contributed by atoms with Crippen LogP contribution in [0.15, 0.2) is 43.0 Å². The fourth-order valence-corrected chi connectivity index (χ4v) is 3.37. The number of nitrogens with zero attached hydrogens (tertiary/aromatic N) is 2. The van der Waals surface area contributed by atoms with Crippen LogP contribution in [-0.2, 0) is 17.9 Å². The summed E-state index contributed by atoms with van der Waals surface area (Å²) in [5.74, 6) is 0.654. The minimum atomic E-state index is -0.192. The normalized spacial score (nSPS) is 10.9. The number of fused-ring (bicyclic) bond motifs is 1. The Labute approximate surface area is 154 Å². The molecule has 2 aromatic carbocycles. The van der Waals surface area contributed by atoms with E-state index in [1.54, 1.807) is 0 Å². The zero-order valence-electron chi connectivity index (χ0n) is 15.9. The van der Waals surface area contributed by atoms with Crippen LogP contribution >= 0.6 is 0 Å². The van der Waals surface area contributed by atoms with Gasteiger partial charge >= 0.3 is 0 Å². The Bertz CT molecular complexity index is 972. The van der Waals surface area contributed by atoms with Gasteiger partial charge in [0, 0.05) is 6.54 Å². The van der Waals surface area contributed by atoms with Gasteiger partial charge in [-0.15, -0.1) is 0 Å². The van der Waals surface area contributed by atoms with Gasteiger partial charge in [0.2, 0.25) is 5.91 Å². The number of para-hydroxylation sites is 2. The van der Waals surface area contributed by atoms with Crippen molar-refractivity contribution in [3.8, 4) is 0 Å². The molecule has 0 bridgehead atoms. The largest absolute Gasteiger partial charge is 0.345 e. The van der Waals surface area contributed by atoms with Gasteiger partial charge in [0.1, 0.15) is 5.82 Å². The van der Waals surface area contributed by atoms with Gasteiger partial charge in [-0.05, 0) is 73.7 Å². The van der Waals surface area contributed by atoms with Crippen molar-refractivity contribution in [3.05, 3.63) is 76.6 Å². The molecule has 1 amide bonds. The van der Waals surface area contributed by atoms with Crippen LogP contribution in [0.5, 0.6) is 0 Å². The quantitative estimate of drug-likeness (QED) is 0.706. The molecule has 0 aliphatic carbocycles. The van der Waals surface area contributed by atoms with E-state index in [0.717, 1.165) is 23.4 Å². The highest BCUT2D eigenvalue weighted by molar-refractivity contribution is 5.86. The molecule has 0 radical (unpaired) electrons. The first-order valence-electron chi connectivity index (χ1n) is 8.83. The number of aromatic nitrogens is 2. The van der Waals surface area contributed by atoms with Gasteiger partial charge < -0.3 is 9.88 Å². The van der Waals surface area contributed by atoms with E-state index in [4.69, 9.17) is 4.98 Å². The second-order valence-corrected chi connectivity index (χ2v) is 6.76. The van der Waals surface area contributed by atoms with Crippen molar-refractivity contribution < 1.29 is 4.79 Å². The number of hydrogen-bond acceptors (Lipinski definition) is 2. The average molecular weight is 347 g/mol. The predicted molar refractivity (Wildman–Crippen MR) is 106 cm³/mol. The zero-order chi connectivity index (χ0) is 18.8. The lowest BCUT2D eigenvalue weighted by Gasteiger charge is -2.18. The summed E-state index contributed by atoms with van der Waals surface area (Å²) < 4.78 is 2.20. The van der Waals surface area contributed by atoms with Crippen molar-refractivity contribution in [2.45, 2.75) is 40.8 Å². The molecule has 26 heavy (non-hydrogen) atoms. The zero-order valence-corrected chi connectivity index (χ0v) is 15.9. The highest BCUT2D eigenvalue weighted by Gasteiger charge is 2.15. The van der Waals surface area contributed by atoms with E-state index < -0.39 is 0 Å². The van der Waals surface area contributed by atoms with Crippen LogP contribution in [0.25, 0.3) is 11.0 Å². The minimum absolute atomic E-state index is 0.192. The van der Waals surface area contributed by atoms with Gasteiger partial charge in [-0.3, -0.25) is 4.79 Å². The Hall–Kier alpha value is -2.88.